The molecule has 3 aromatic rings. The van der Waals surface area contributed by atoms with Crippen molar-refractivity contribution in [1.29, 1.82) is 0 Å². The monoisotopic (exact) mass is 466 g/mol. The molecule has 3 aromatic carbocycles. The van der Waals surface area contributed by atoms with Crippen LogP contribution in [0.15, 0.2) is 69.0 Å². The second-order valence-corrected chi connectivity index (χ2v) is 6.58. The highest BCUT2D eigenvalue weighted by atomic mass is 16.4. The van der Waals surface area contributed by atoms with E-state index in [1.807, 2.05) is 0 Å². The molecule has 13 nitrogen and oxygen atoms in total. The summed E-state index contributed by atoms with van der Waals surface area (Å²) in [7, 11) is 0. The maximum Gasteiger partial charge on any atom is 0.339 e. The Morgan fingerprint density at radius 3 is 1.41 bits per heavy atom. The van der Waals surface area contributed by atoms with Gasteiger partial charge in [0.2, 0.25) is 0 Å². The average molecular weight is 466 g/mol. The standard InChI is InChI=1S/C21H14N4O9/c26-16-3-1-9(5-12(16)19(29)30)22-24-11-7-14(21(33)34)18(28)15(8-11)25-23-10-2-4-17(27)13(6-10)20(31)32/h1-8,26-28H,(H,29,30)(H,31,32)(H,33,34). The molecule has 0 unspecified atom stereocenters. The Morgan fingerprint density at radius 1 is 0.529 bits per heavy atom. The number of carbonyl (C=O) groups is 3. The highest BCUT2D eigenvalue weighted by molar-refractivity contribution is 5.94. The lowest BCUT2D eigenvalue weighted by Crippen LogP contribution is -1.96. The Morgan fingerprint density at radius 2 is 0.941 bits per heavy atom. The van der Waals surface area contributed by atoms with Crippen molar-refractivity contribution >= 4 is 40.7 Å². The molecule has 0 saturated carbocycles. The third kappa shape index (κ3) is 5.11. The smallest absolute Gasteiger partial charge is 0.339 e. The van der Waals surface area contributed by atoms with E-state index < -0.39 is 51.8 Å². The maximum atomic E-state index is 11.5. The van der Waals surface area contributed by atoms with Gasteiger partial charge in [-0.15, -0.1) is 5.11 Å². The third-order valence-electron chi connectivity index (χ3n) is 4.28. The summed E-state index contributed by atoms with van der Waals surface area (Å²) in [5.74, 6) is -6.03. The summed E-state index contributed by atoms with van der Waals surface area (Å²) in [5.41, 5.74) is -1.85. The number of azo groups is 2. The minimum Gasteiger partial charge on any atom is -0.507 e. The van der Waals surface area contributed by atoms with Crippen LogP contribution in [0.4, 0.5) is 22.7 Å². The Kier molecular flexibility index (Phi) is 6.48. The SMILES string of the molecule is O=C(O)c1cc(N=Nc2cc(N=Nc3ccc(O)c(C(=O)O)c3)c(O)c(C(=O)O)c2)ccc1O. The molecule has 0 heterocycles. The molecule has 6 N–H and O–H groups in total. The molecule has 0 aromatic heterocycles. The van der Waals surface area contributed by atoms with Gasteiger partial charge in [0, 0.05) is 0 Å². The first-order valence-electron chi connectivity index (χ1n) is 9.13. The average Bonchev–Trinajstić information content (AvgIpc) is 2.78. The van der Waals surface area contributed by atoms with E-state index >= 15 is 0 Å². The lowest BCUT2D eigenvalue weighted by atomic mass is 10.1. The van der Waals surface area contributed by atoms with Gasteiger partial charge in [-0.1, -0.05) is 0 Å². The molecular formula is C21H14N4O9. The van der Waals surface area contributed by atoms with Crippen LogP contribution in [0.3, 0.4) is 0 Å². The Bertz CT molecular complexity index is 1380. The molecule has 0 aliphatic heterocycles. The largest absolute Gasteiger partial charge is 0.507 e. The van der Waals surface area contributed by atoms with Crippen LogP contribution < -0.4 is 0 Å². The molecule has 0 amide bonds. The van der Waals surface area contributed by atoms with E-state index in [-0.39, 0.29) is 22.7 Å². The Hall–Kier alpha value is -5.33. The van der Waals surface area contributed by atoms with Gasteiger partial charge in [0.15, 0.2) is 5.75 Å². The zero-order chi connectivity index (χ0) is 25.0. The summed E-state index contributed by atoms with van der Waals surface area (Å²) in [6, 6.07) is 8.88. The number of nitrogens with zero attached hydrogens (tertiary/aromatic N) is 4. The molecule has 0 bridgehead atoms. The van der Waals surface area contributed by atoms with Crippen molar-refractivity contribution in [3.05, 3.63) is 65.2 Å². The van der Waals surface area contributed by atoms with Crippen LogP contribution in [0.25, 0.3) is 0 Å². The van der Waals surface area contributed by atoms with Gasteiger partial charge in [-0.05, 0) is 48.5 Å². The fourth-order valence-corrected chi connectivity index (χ4v) is 2.64. The molecule has 0 atom stereocenters. The molecule has 172 valence electrons. The van der Waals surface area contributed by atoms with Crippen LogP contribution in [0.2, 0.25) is 0 Å². The molecular weight excluding hydrogens is 452 g/mol. The number of aromatic carboxylic acids is 3. The molecule has 0 fully saturated rings. The van der Waals surface area contributed by atoms with Gasteiger partial charge in [-0.2, -0.15) is 15.3 Å². The Balaban J connectivity index is 2.00. The molecule has 13 heteroatoms. The van der Waals surface area contributed by atoms with E-state index in [9.17, 15) is 34.8 Å². The zero-order valence-electron chi connectivity index (χ0n) is 16.8. The van der Waals surface area contributed by atoms with E-state index in [1.54, 1.807) is 0 Å². The first-order valence-corrected chi connectivity index (χ1v) is 9.13. The molecule has 0 aliphatic rings. The molecule has 34 heavy (non-hydrogen) atoms. The lowest BCUT2D eigenvalue weighted by molar-refractivity contribution is 0.0682. The number of rotatable bonds is 7. The Labute approximate surface area is 189 Å². The summed E-state index contributed by atoms with van der Waals surface area (Å²) < 4.78 is 0. The van der Waals surface area contributed by atoms with Crippen molar-refractivity contribution in [1.82, 2.24) is 0 Å². The quantitative estimate of drug-likeness (QED) is 0.264. The number of hydrogen-bond acceptors (Lipinski definition) is 10. The van der Waals surface area contributed by atoms with Gasteiger partial charge in [-0.25, -0.2) is 14.4 Å². The molecule has 0 spiro atoms. The van der Waals surface area contributed by atoms with Crippen molar-refractivity contribution in [2.45, 2.75) is 0 Å². The zero-order valence-corrected chi connectivity index (χ0v) is 16.8. The summed E-state index contributed by atoms with van der Waals surface area (Å²) in [6.45, 7) is 0. The van der Waals surface area contributed by atoms with Crippen molar-refractivity contribution in [3.63, 3.8) is 0 Å². The van der Waals surface area contributed by atoms with Gasteiger partial charge in [-0.3, -0.25) is 0 Å². The number of phenols is 3. The van der Waals surface area contributed by atoms with Crippen molar-refractivity contribution < 1.29 is 45.0 Å². The van der Waals surface area contributed by atoms with Gasteiger partial charge in [0.1, 0.15) is 33.9 Å². The van der Waals surface area contributed by atoms with E-state index in [2.05, 4.69) is 20.5 Å². The minimum atomic E-state index is -1.51. The molecule has 0 radical (unpaired) electrons. The van der Waals surface area contributed by atoms with Gasteiger partial charge in [0.25, 0.3) is 0 Å². The van der Waals surface area contributed by atoms with Crippen molar-refractivity contribution in [2.24, 2.45) is 20.5 Å². The molecule has 0 aliphatic carbocycles. The van der Waals surface area contributed by atoms with Crippen molar-refractivity contribution in [3.8, 4) is 17.2 Å². The topological polar surface area (TPSA) is 222 Å². The van der Waals surface area contributed by atoms with E-state index in [0.717, 1.165) is 36.4 Å². The second-order valence-electron chi connectivity index (χ2n) is 6.58. The highest BCUT2D eigenvalue weighted by Crippen LogP contribution is 2.37. The van der Waals surface area contributed by atoms with Crippen LogP contribution in [0.5, 0.6) is 17.2 Å². The van der Waals surface area contributed by atoms with Gasteiger partial charge < -0.3 is 30.6 Å². The predicted octanol–water partition coefficient (Wildman–Crippen LogP) is 4.73. The van der Waals surface area contributed by atoms with Gasteiger partial charge >= 0.3 is 17.9 Å². The number of benzene rings is 3. The van der Waals surface area contributed by atoms with E-state index in [4.69, 9.17) is 10.2 Å². The highest BCUT2D eigenvalue weighted by Gasteiger charge is 2.17. The number of carboxylic acid groups (broad SMARTS) is 3. The summed E-state index contributed by atoms with van der Waals surface area (Å²) in [5, 5.41) is 71.9. The first-order chi connectivity index (χ1) is 16.1. The van der Waals surface area contributed by atoms with Crippen LogP contribution in [-0.4, -0.2) is 48.5 Å². The van der Waals surface area contributed by atoms with Crippen molar-refractivity contribution in [2.75, 3.05) is 0 Å². The fourth-order valence-electron chi connectivity index (χ4n) is 2.64. The number of hydrogen-bond donors (Lipinski definition) is 6. The van der Waals surface area contributed by atoms with E-state index in [1.165, 1.54) is 12.1 Å². The lowest BCUT2D eigenvalue weighted by Gasteiger charge is -2.05. The van der Waals surface area contributed by atoms with Gasteiger partial charge in [0.05, 0.1) is 17.1 Å². The third-order valence-corrected chi connectivity index (χ3v) is 4.28. The summed E-state index contributed by atoms with van der Waals surface area (Å²) in [4.78, 5) is 33.7. The van der Waals surface area contributed by atoms with Crippen LogP contribution >= 0.6 is 0 Å². The summed E-state index contributed by atoms with van der Waals surface area (Å²) >= 11 is 0. The maximum absolute atomic E-state index is 11.5. The normalized spacial score (nSPS) is 11.2. The summed E-state index contributed by atoms with van der Waals surface area (Å²) in [6.07, 6.45) is 0. The van der Waals surface area contributed by atoms with Crippen LogP contribution in [0, 0.1) is 0 Å². The predicted molar refractivity (Wildman–Crippen MR) is 114 cm³/mol. The molecule has 3 rings (SSSR count). The van der Waals surface area contributed by atoms with E-state index in [0.29, 0.717) is 0 Å². The second kappa shape index (κ2) is 9.44. The first kappa shape index (κ1) is 23.3. The number of carboxylic acids is 3. The molecule has 0 saturated heterocycles. The van der Waals surface area contributed by atoms with Crippen LogP contribution in [0.1, 0.15) is 31.1 Å². The fraction of sp³-hybridized carbons (Fsp3) is 0. The minimum absolute atomic E-state index is 0.0104. The van der Waals surface area contributed by atoms with Crippen LogP contribution in [-0.2, 0) is 0 Å². The number of aromatic hydroxyl groups is 3.